The molecule has 1 aromatic heterocycles. The van der Waals surface area contributed by atoms with E-state index in [1.807, 2.05) is 26.8 Å². The van der Waals surface area contributed by atoms with Gasteiger partial charge < -0.3 is 24.8 Å². The zero-order valence-corrected chi connectivity index (χ0v) is 20.7. The highest BCUT2D eigenvalue weighted by atomic mass is 127. The van der Waals surface area contributed by atoms with Crippen LogP contribution in [0.15, 0.2) is 15.6 Å². The monoisotopic (exact) mass is 509 g/mol. The molecule has 0 aliphatic carbocycles. The van der Waals surface area contributed by atoms with Crippen LogP contribution in [0, 0.1) is 5.92 Å². The molecule has 28 heavy (non-hydrogen) atoms. The van der Waals surface area contributed by atoms with Crippen molar-refractivity contribution in [3.8, 4) is 0 Å². The van der Waals surface area contributed by atoms with E-state index in [-0.39, 0.29) is 36.0 Å². The molecule has 1 unspecified atom stereocenters. The van der Waals surface area contributed by atoms with Crippen molar-refractivity contribution in [1.82, 2.24) is 20.7 Å². The van der Waals surface area contributed by atoms with Gasteiger partial charge in [0.25, 0.3) is 0 Å². The Morgan fingerprint density at radius 2 is 1.96 bits per heavy atom. The van der Waals surface area contributed by atoms with Gasteiger partial charge >= 0.3 is 6.09 Å². The smallest absolute Gasteiger partial charge is 0.410 e. The number of guanidine groups is 1. The Bertz CT molecular complexity index is 625. The summed E-state index contributed by atoms with van der Waals surface area (Å²) in [7, 11) is 3.46. The Balaban J connectivity index is 0.00000729. The van der Waals surface area contributed by atoms with Crippen molar-refractivity contribution in [2.75, 3.05) is 27.2 Å². The molecule has 0 aliphatic rings. The topological polar surface area (TPSA) is 92.0 Å². The summed E-state index contributed by atoms with van der Waals surface area (Å²) in [5.74, 6) is 1.99. The van der Waals surface area contributed by atoms with E-state index in [9.17, 15) is 4.79 Å². The first kappa shape index (κ1) is 26.5. The van der Waals surface area contributed by atoms with Gasteiger partial charge in [0.2, 0.25) is 0 Å². The molecule has 0 saturated heterocycles. The van der Waals surface area contributed by atoms with Gasteiger partial charge in [0, 0.05) is 33.3 Å². The largest absolute Gasteiger partial charge is 0.444 e. The summed E-state index contributed by atoms with van der Waals surface area (Å²) in [5, 5.41) is 10.5. The maximum atomic E-state index is 12.0. The van der Waals surface area contributed by atoms with Crippen molar-refractivity contribution in [3.63, 3.8) is 0 Å². The number of hydrogen-bond donors (Lipinski definition) is 2. The first-order chi connectivity index (χ1) is 12.5. The number of aliphatic imine (C=N–C) groups is 1. The van der Waals surface area contributed by atoms with E-state index in [1.165, 1.54) is 0 Å². The van der Waals surface area contributed by atoms with Gasteiger partial charge in [-0.1, -0.05) is 25.9 Å². The fourth-order valence-corrected chi connectivity index (χ4v) is 2.29. The number of ether oxygens (including phenoxy) is 1. The van der Waals surface area contributed by atoms with Crippen molar-refractivity contribution < 1.29 is 14.1 Å². The standard InChI is InChI=1S/C19H35N5O3.HI/c1-13(2)16-9-15(27-23-16)11-22-17(20-7)21-10-14(3)12-24(8)18(25)26-19(4,5)6;/h9,13-14H,10-12H2,1-8H3,(H2,20,21,22);1H. The summed E-state index contributed by atoms with van der Waals surface area (Å²) in [6.07, 6.45) is -0.317. The minimum absolute atomic E-state index is 0. The van der Waals surface area contributed by atoms with Crippen LogP contribution in [0.3, 0.4) is 0 Å². The number of aromatic nitrogens is 1. The van der Waals surface area contributed by atoms with Crippen LogP contribution >= 0.6 is 24.0 Å². The Morgan fingerprint density at radius 3 is 2.46 bits per heavy atom. The van der Waals surface area contributed by atoms with Gasteiger partial charge in [0.15, 0.2) is 11.7 Å². The Labute approximate surface area is 185 Å². The van der Waals surface area contributed by atoms with Gasteiger partial charge in [-0.3, -0.25) is 4.99 Å². The van der Waals surface area contributed by atoms with Crippen LogP contribution < -0.4 is 10.6 Å². The van der Waals surface area contributed by atoms with E-state index in [1.54, 1.807) is 19.0 Å². The molecule has 0 aromatic carbocycles. The molecule has 0 spiro atoms. The quantitative estimate of drug-likeness (QED) is 0.332. The number of carbonyl (C=O) groups excluding carboxylic acids is 1. The average Bonchev–Trinajstić information content (AvgIpc) is 3.02. The van der Waals surface area contributed by atoms with Crippen LogP contribution in [0.1, 0.15) is 58.9 Å². The fourth-order valence-electron chi connectivity index (χ4n) is 2.29. The minimum Gasteiger partial charge on any atom is -0.444 e. The second kappa shape index (κ2) is 12.1. The van der Waals surface area contributed by atoms with Gasteiger partial charge in [-0.25, -0.2) is 4.79 Å². The van der Waals surface area contributed by atoms with Crippen molar-refractivity contribution in [2.45, 2.75) is 59.6 Å². The van der Waals surface area contributed by atoms with Crippen LogP contribution in [-0.4, -0.2) is 54.9 Å². The van der Waals surface area contributed by atoms with Crippen LogP contribution in [0.5, 0.6) is 0 Å². The SMILES string of the molecule is CN=C(NCc1cc(C(C)C)no1)NCC(C)CN(C)C(=O)OC(C)(C)C.I. The van der Waals surface area contributed by atoms with E-state index in [2.05, 4.69) is 41.6 Å². The van der Waals surface area contributed by atoms with E-state index in [0.717, 1.165) is 11.5 Å². The number of nitrogens with zero attached hydrogens (tertiary/aromatic N) is 3. The van der Waals surface area contributed by atoms with Gasteiger partial charge in [-0.15, -0.1) is 24.0 Å². The molecule has 1 rings (SSSR count). The molecular formula is C19H36IN5O3. The highest BCUT2D eigenvalue weighted by Crippen LogP contribution is 2.13. The maximum absolute atomic E-state index is 12.0. The molecule has 0 aliphatic heterocycles. The molecule has 0 bridgehead atoms. The highest BCUT2D eigenvalue weighted by molar-refractivity contribution is 14.0. The van der Waals surface area contributed by atoms with Gasteiger partial charge in [-0.2, -0.15) is 0 Å². The third-order valence-corrected chi connectivity index (χ3v) is 3.73. The minimum atomic E-state index is -0.491. The molecule has 8 nitrogen and oxygen atoms in total. The second-order valence-electron chi connectivity index (χ2n) is 8.15. The summed E-state index contributed by atoms with van der Waals surface area (Å²) in [4.78, 5) is 17.8. The lowest BCUT2D eigenvalue weighted by Gasteiger charge is -2.26. The molecule has 0 saturated carbocycles. The Hall–Kier alpha value is -1.52. The highest BCUT2D eigenvalue weighted by Gasteiger charge is 2.20. The lowest BCUT2D eigenvalue weighted by atomic mass is 10.1. The first-order valence-corrected chi connectivity index (χ1v) is 9.36. The molecule has 0 radical (unpaired) electrons. The van der Waals surface area contributed by atoms with E-state index in [4.69, 9.17) is 9.26 Å². The number of rotatable bonds is 7. The number of halogens is 1. The molecule has 9 heteroatoms. The van der Waals surface area contributed by atoms with Crippen molar-refractivity contribution in [1.29, 1.82) is 0 Å². The van der Waals surface area contributed by atoms with Crippen LogP contribution in [0.4, 0.5) is 4.79 Å². The number of carbonyl (C=O) groups is 1. The van der Waals surface area contributed by atoms with Crippen LogP contribution in [-0.2, 0) is 11.3 Å². The second-order valence-corrected chi connectivity index (χ2v) is 8.15. The van der Waals surface area contributed by atoms with Crippen molar-refractivity contribution >= 4 is 36.0 Å². The van der Waals surface area contributed by atoms with Crippen molar-refractivity contribution in [3.05, 3.63) is 17.5 Å². The first-order valence-electron chi connectivity index (χ1n) is 9.36. The lowest BCUT2D eigenvalue weighted by molar-refractivity contribution is 0.0278. The fraction of sp³-hybridized carbons (Fsp3) is 0.737. The molecule has 1 heterocycles. The molecule has 162 valence electrons. The normalized spacial score (nSPS) is 13.0. The van der Waals surface area contributed by atoms with E-state index >= 15 is 0 Å². The zero-order valence-electron chi connectivity index (χ0n) is 18.3. The van der Waals surface area contributed by atoms with E-state index < -0.39 is 5.60 Å². The summed E-state index contributed by atoms with van der Waals surface area (Å²) in [5.41, 5.74) is 0.447. The average molecular weight is 509 g/mol. The lowest BCUT2D eigenvalue weighted by Crippen LogP contribution is -2.42. The maximum Gasteiger partial charge on any atom is 0.410 e. The number of amides is 1. The molecule has 1 aromatic rings. The number of nitrogens with one attached hydrogen (secondary N) is 2. The van der Waals surface area contributed by atoms with Gasteiger partial charge in [0.05, 0.1) is 12.2 Å². The molecule has 0 fully saturated rings. The molecular weight excluding hydrogens is 473 g/mol. The summed E-state index contributed by atoms with van der Waals surface area (Å²) in [6.45, 7) is 13.5. The Kier molecular flexibility index (Phi) is 11.5. The molecule has 1 amide bonds. The third-order valence-electron chi connectivity index (χ3n) is 3.73. The predicted molar refractivity (Wildman–Crippen MR) is 122 cm³/mol. The number of hydrogen-bond acceptors (Lipinski definition) is 5. The third kappa shape index (κ3) is 10.1. The van der Waals surface area contributed by atoms with Crippen molar-refractivity contribution in [2.24, 2.45) is 10.9 Å². The van der Waals surface area contributed by atoms with Crippen LogP contribution in [0.25, 0.3) is 0 Å². The predicted octanol–water partition coefficient (Wildman–Crippen LogP) is 3.58. The molecule has 1 atom stereocenters. The van der Waals surface area contributed by atoms with Gasteiger partial charge in [0.1, 0.15) is 5.60 Å². The van der Waals surface area contributed by atoms with Crippen LogP contribution in [0.2, 0.25) is 0 Å². The molecule has 2 N–H and O–H groups in total. The Morgan fingerprint density at radius 1 is 1.32 bits per heavy atom. The van der Waals surface area contributed by atoms with Gasteiger partial charge in [-0.05, 0) is 32.6 Å². The zero-order chi connectivity index (χ0) is 20.6. The summed E-state index contributed by atoms with van der Waals surface area (Å²) >= 11 is 0. The van der Waals surface area contributed by atoms with E-state index in [0.29, 0.717) is 31.5 Å². The summed E-state index contributed by atoms with van der Waals surface area (Å²) < 4.78 is 10.7. The summed E-state index contributed by atoms with van der Waals surface area (Å²) in [6, 6.07) is 1.95.